The predicted molar refractivity (Wildman–Crippen MR) is 123 cm³/mol. The number of carbonyl (C=O) groups excluding carboxylic acids is 1. The van der Waals surface area contributed by atoms with Crippen molar-refractivity contribution in [3.05, 3.63) is 95.2 Å². The van der Waals surface area contributed by atoms with Crippen molar-refractivity contribution in [1.82, 2.24) is 19.5 Å². The van der Waals surface area contributed by atoms with E-state index in [1.165, 1.54) is 12.4 Å². The average Bonchev–Trinajstić information content (AvgIpc) is 2.85. The molecule has 4 aromatic rings. The molecule has 0 saturated carbocycles. The second-order valence-corrected chi connectivity index (χ2v) is 7.67. The molecule has 0 unspecified atom stereocenters. The minimum atomic E-state index is -0.145. The van der Waals surface area contributed by atoms with Crippen molar-refractivity contribution < 1.29 is 4.79 Å². The molecule has 0 aliphatic carbocycles. The normalized spacial score (nSPS) is 12.9. The van der Waals surface area contributed by atoms with Crippen LogP contribution in [-0.4, -0.2) is 38.4 Å². The van der Waals surface area contributed by atoms with Gasteiger partial charge in [0.1, 0.15) is 6.33 Å². The van der Waals surface area contributed by atoms with Gasteiger partial charge >= 0.3 is 0 Å². The standard InChI is InChI=1S/C25H21N5O2/c31-23(20-9-7-19(8-10-20)18-5-2-1-3-6-18)16-29-13-4-14-30-24(32)15-22(28-25(29)30)21-11-12-26-17-27-21/h1-3,5-12,15,17H,4,13-14,16H2. The number of anilines is 1. The molecule has 0 bridgehead atoms. The molecule has 5 rings (SSSR count). The van der Waals surface area contributed by atoms with Gasteiger partial charge in [0.05, 0.1) is 17.9 Å². The van der Waals surface area contributed by atoms with Crippen molar-refractivity contribution in [1.29, 1.82) is 0 Å². The van der Waals surface area contributed by atoms with Gasteiger partial charge < -0.3 is 4.90 Å². The Hall–Kier alpha value is -4.13. The zero-order chi connectivity index (χ0) is 21.9. The molecule has 3 heterocycles. The molecule has 0 amide bonds. The lowest BCUT2D eigenvalue weighted by Crippen LogP contribution is -2.41. The van der Waals surface area contributed by atoms with E-state index in [1.807, 2.05) is 59.5 Å². The molecule has 32 heavy (non-hydrogen) atoms. The summed E-state index contributed by atoms with van der Waals surface area (Å²) in [5.41, 5.74) is 3.72. The first-order chi connectivity index (χ1) is 15.7. The summed E-state index contributed by atoms with van der Waals surface area (Å²) in [4.78, 5) is 40.4. The van der Waals surface area contributed by atoms with Gasteiger partial charge in [0.2, 0.25) is 5.95 Å². The Labute approximate surface area is 185 Å². The second-order valence-electron chi connectivity index (χ2n) is 7.67. The molecular formula is C25H21N5O2. The summed E-state index contributed by atoms with van der Waals surface area (Å²) in [7, 11) is 0. The zero-order valence-corrected chi connectivity index (χ0v) is 17.4. The Balaban J connectivity index is 1.40. The molecule has 7 heteroatoms. The minimum absolute atomic E-state index is 0.0141. The highest BCUT2D eigenvalue weighted by Crippen LogP contribution is 2.22. The quantitative estimate of drug-likeness (QED) is 0.457. The largest absolute Gasteiger partial charge is 0.334 e. The predicted octanol–water partition coefficient (Wildman–Crippen LogP) is 3.46. The third-order valence-electron chi connectivity index (χ3n) is 5.57. The number of rotatable bonds is 5. The summed E-state index contributed by atoms with van der Waals surface area (Å²) >= 11 is 0. The first-order valence-corrected chi connectivity index (χ1v) is 10.5. The second kappa shape index (κ2) is 8.55. The molecule has 0 fully saturated rings. The number of benzene rings is 2. The van der Waals surface area contributed by atoms with Gasteiger partial charge in [-0.15, -0.1) is 0 Å². The first-order valence-electron chi connectivity index (χ1n) is 10.5. The molecule has 7 nitrogen and oxygen atoms in total. The summed E-state index contributed by atoms with van der Waals surface area (Å²) in [6.45, 7) is 1.40. The van der Waals surface area contributed by atoms with Crippen molar-refractivity contribution >= 4 is 11.7 Å². The van der Waals surface area contributed by atoms with Gasteiger partial charge in [0.15, 0.2) is 5.78 Å². The smallest absolute Gasteiger partial charge is 0.255 e. The molecule has 1 aliphatic heterocycles. The molecule has 0 atom stereocenters. The van der Waals surface area contributed by atoms with Crippen LogP contribution in [-0.2, 0) is 6.54 Å². The van der Waals surface area contributed by atoms with Crippen LogP contribution in [0.2, 0.25) is 0 Å². The van der Waals surface area contributed by atoms with Crippen LogP contribution < -0.4 is 10.5 Å². The third-order valence-corrected chi connectivity index (χ3v) is 5.57. The molecule has 158 valence electrons. The van der Waals surface area contributed by atoms with Crippen LogP contribution in [0.3, 0.4) is 0 Å². The van der Waals surface area contributed by atoms with Gasteiger partial charge in [-0.2, -0.15) is 0 Å². The van der Waals surface area contributed by atoms with E-state index in [2.05, 4.69) is 15.0 Å². The number of carbonyl (C=O) groups is 1. The van der Waals surface area contributed by atoms with Gasteiger partial charge in [0.25, 0.3) is 5.56 Å². The van der Waals surface area contributed by atoms with Crippen molar-refractivity contribution in [2.24, 2.45) is 0 Å². The highest BCUT2D eigenvalue weighted by Gasteiger charge is 2.23. The SMILES string of the molecule is O=C(CN1CCCn2c1nc(-c1ccncn1)cc2=O)c1ccc(-c2ccccc2)cc1. The Morgan fingerprint density at radius 3 is 2.44 bits per heavy atom. The summed E-state index contributed by atoms with van der Waals surface area (Å²) in [5.74, 6) is 0.492. The van der Waals surface area contributed by atoms with Gasteiger partial charge in [-0.25, -0.2) is 15.0 Å². The third kappa shape index (κ3) is 3.92. The van der Waals surface area contributed by atoms with Crippen LogP contribution in [0.5, 0.6) is 0 Å². The zero-order valence-electron chi connectivity index (χ0n) is 17.4. The maximum Gasteiger partial charge on any atom is 0.255 e. The van der Waals surface area contributed by atoms with Gasteiger partial charge in [-0.1, -0.05) is 54.6 Å². The van der Waals surface area contributed by atoms with Crippen LogP contribution in [0.15, 0.2) is 84.0 Å². The molecule has 1 aliphatic rings. The number of Topliss-reactive ketones (excluding diaryl/α,β-unsaturated/α-hetero) is 1. The lowest BCUT2D eigenvalue weighted by Gasteiger charge is -2.30. The van der Waals surface area contributed by atoms with Crippen molar-refractivity contribution in [2.45, 2.75) is 13.0 Å². The summed E-state index contributed by atoms with van der Waals surface area (Å²) in [6, 6.07) is 20.9. The lowest BCUT2D eigenvalue weighted by molar-refractivity contribution is 0.0997. The van der Waals surface area contributed by atoms with Crippen LogP contribution >= 0.6 is 0 Å². The van der Waals surface area contributed by atoms with Crippen LogP contribution in [0.25, 0.3) is 22.5 Å². The Morgan fingerprint density at radius 2 is 1.69 bits per heavy atom. The molecule has 0 radical (unpaired) electrons. The van der Waals surface area contributed by atoms with E-state index in [4.69, 9.17) is 0 Å². The van der Waals surface area contributed by atoms with E-state index in [9.17, 15) is 9.59 Å². The van der Waals surface area contributed by atoms with Gasteiger partial charge in [-0.3, -0.25) is 14.2 Å². The van der Waals surface area contributed by atoms with E-state index in [0.717, 1.165) is 17.5 Å². The Kier molecular flexibility index (Phi) is 5.29. The number of fused-ring (bicyclic) bond motifs is 1. The average molecular weight is 423 g/mol. The van der Waals surface area contributed by atoms with Gasteiger partial charge in [0, 0.05) is 30.9 Å². The molecule has 0 saturated heterocycles. The lowest BCUT2D eigenvalue weighted by atomic mass is 10.0. The minimum Gasteiger partial charge on any atom is -0.334 e. The van der Waals surface area contributed by atoms with E-state index < -0.39 is 0 Å². The van der Waals surface area contributed by atoms with Crippen molar-refractivity contribution in [3.8, 4) is 22.5 Å². The Bertz CT molecular complexity index is 1300. The number of nitrogens with zero attached hydrogens (tertiary/aromatic N) is 5. The van der Waals surface area contributed by atoms with Crippen LogP contribution in [0.4, 0.5) is 5.95 Å². The fourth-order valence-corrected chi connectivity index (χ4v) is 3.93. The number of aromatic nitrogens is 4. The van der Waals surface area contributed by atoms with Crippen molar-refractivity contribution in [2.75, 3.05) is 18.0 Å². The highest BCUT2D eigenvalue weighted by atomic mass is 16.1. The molecule has 0 N–H and O–H groups in total. The maximum absolute atomic E-state index is 13.0. The van der Waals surface area contributed by atoms with Crippen LogP contribution in [0, 0.1) is 0 Å². The molecular weight excluding hydrogens is 402 g/mol. The molecule has 0 spiro atoms. The van der Waals surface area contributed by atoms with E-state index in [0.29, 0.717) is 36.0 Å². The number of ketones is 1. The maximum atomic E-state index is 13.0. The van der Waals surface area contributed by atoms with Crippen LogP contribution in [0.1, 0.15) is 16.8 Å². The number of hydrogen-bond acceptors (Lipinski definition) is 6. The topological polar surface area (TPSA) is 81.0 Å². The Morgan fingerprint density at radius 1 is 0.906 bits per heavy atom. The highest BCUT2D eigenvalue weighted by molar-refractivity contribution is 5.99. The number of hydrogen-bond donors (Lipinski definition) is 0. The van der Waals surface area contributed by atoms with Gasteiger partial charge in [-0.05, 0) is 23.6 Å². The molecule has 2 aromatic carbocycles. The molecule has 2 aromatic heterocycles. The van der Waals surface area contributed by atoms with E-state index in [-0.39, 0.29) is 17.9 Å². The van der Waals surface area contributed by atoms with E-state index >= 15 is 0 Å². The monoisotopic (exact) mass is 423 g/mol. The summed E-state index contributed by atoms with van der Waals surface area (Å²) in [5, 5.41) is 0. The summed E-state index contributed by atoms with van der Waals surface area (Å²) < 4.78 is 1.62. The fraction of sp³-hybridized carbons (Fsp3) is 0.160. The first kappa shape index (κ1) is 19.8. The summed E-state index contributed by atoms with van der Waals surface area (Å²) in [6.07, 6.45) is 3.82. The van der Waals surface area contributed by atoms with Crippen molar-refractivity contribution in [3.63, 3.8) is 0 Å². The van der Waals surface area contributed by atoms with E-state index in [1.54, 1.807) is 16.8 Å². The fourth-order valence-electron chi connectivity index (χ4n) is 3.93.